The molecule has 0 atom stereocenters. The third-order valence-electron chi connectivity index (χ3n) is 1.78. The molecule has 0 aliphatic heterocycles. The highest BCUT2D eigenvalue weighted by molar-refractivity contribution is 5.47. The molecule has 0 bridgehead atoms. The lowest BCUT2D eigenvalue weighted by Crippen LogP contribution is -1.90. The Morgan fingerprint density at radius 3 is 2.50 bits per heavy atom. The van der Waals surface area contributed by atoms with E-state index in [0.717, 1.165) is 18.2 Å². The van der Waals surface area contributed by atoms with Gasteiger partial charge in [0.25, 0.3) is 0 Å². The van der Waals surface area contributed by atoms with Gasteiger partial charge in [0.15, 0.2) is 0 Å². The van der Waals surface area contributed by atoms with Gasteiger partial charge in [0.2, 0.25) is 5.82 Å². The molecule has 0 amide bonds. The number of nitrogens with one attached hydrogen (secondary N) is 1. The quantitative estimate of drug-likeness (QED) is 0.288. The van der Waals surface area contributed by atoms with E-state index in [1.165, 1.54) is 0 Å². The summed E-state index contributed by atoms with van der Waals surface area (Å²) in [7, 11) is 0. The van der Waals surface area contributed by atoms with Crippen LogP contribution in [0.25, 0.3) is 10.4 Å². The highest BCUT2D eigenvalue weighted by Gasteiger charge is 2.13. The van der Waals surface area contributed by atoms with E-state index in [1.807, 2.05) is 24.5 Å². The van der Waals surface area contributed by atoms with Gasteiger partial charge in [0.05, 0.1) is 4.92 Å². The van der Waals surface area contributed by atoms with Gasteiger partial charge in [-0.15, -0.1) is 0 Å². The SMILES string of the molecule is [N-]=[N+]=Nc1ccc(F)c([N+](=O)[O-])c1.c1cc[nH]c1. The molecular weight excluding hydrogens is 241 g/mol. The highest BCUT2D eigenvalue weighted by Crippen LogP contribution is 2.23. The monoisotopic (exact) mass is 249 g/mol. The van der Waals surface area contributed by atoms with Gasteiger partial charge in [-0.05, 0) is 29.8 Å². The van der Waals surface area contributed by atoms with Crippen molar-refractivity contribution in [2.75, 3.05) is 0 Å². The second-order valence-corrected chi connectivity index (χ2v) is 2.97. The van der Waals surface area contributed by atoms with Crippen molar-refractivity contribution in [1.82, 2.24) is 4.98 Å². The fourth-order valence-electron chi connectivity index (χ4n) is 1.03. The van der Waals surface area contributed by atoms with Gasteiger partial charge in [0, 0.05) is 29.1 Å². The molecular formula is C10H8FN5O2. The number of rotatable bonds is 2. The maximum absolute atomic E-state index is 12.7. The minimum absolute atomic E-state index is 0.00981. The first-order chi connectivity index (χ1) is 8.65. The maximum Gasteiger partial charge on any atom is 0.305 e. The summed E-state index contributed by atoms with van der Waals surface area (Å²) in [6, 6.07) is 6.79. The fourth-order valence-corrected chi connectivity index (χ4v) is 1.03. The first-order valence-electron chi connectivity index (χ1n) is 4.72. The van der Waals surface area contributed by atoms with Crippen LogP contribution < -0.4 is 0 Å². The summed E-state index contributed by atoms with van der Waals surface area (Å²) in [6.45, 7) is 0. The minimum atomic E-state index is -0.957. The van der Waals surface area contributed by atoms with E-state index in [0.29, 0.717) is 0 Å². The van der Waals surface area contributed by atoms with Gasteiger partial charge >= 0.3 is 5.69 Å². The number of nitrogens with zero attached hydrogens (tertiary/aromatic N) is 4. The van der Waals surface area contributed by atoms with Crippen LogP contribution in [0.15, 0.2) is 47.8 Å². The van der Waals surface area contributed by atoms with Crippen molar-refractivity contribution in [3.63, 3.8) is 0 Å². The number of aromatic nitrogens is 1. The van der Waals surface area contributed by atoms with Gasteiger partial charge in [-0.3, -0.25) is 10.1 Å². The summed E-state index contributed by atoms with van der Waals surface area (Å²) in [5.74, 6) is -0.957. The third-order valence-corrected chi connectivity index (χ3v) is 1.78. The molecule has 0 saturated heterocycles. The molecule has 2 rings (SSSR count). The van der Waals surface area contributed by atoms with E-state index in [9.17, 15) is 14.5 Å². The zero-order valence-electron chi connectivity index (χ0n) is 9.02. The third kappa shape index (κ3) is 3.95. The van der Waals surface area contributed by atoms with E-state index >= 15 is 0 Å². The Bertz CT molecular complexity index is 546. The van der Waals surface area contributed by atoms with E-state index in [2.05, 4.69) is 15.0 Å². The van der Waals surface area contributed by atoms with E-state index < -0.39 is 16.4 Å². The molecule has 92 valence electrons. The zero-order chi connectivity index (χ0) is 13.4. The Hall–Kier alpha value is -2.86. The highest BCUT2D eigenvalue weighted by atomic mass is 19.1. The number of hydrogen-bond acceptors (Lipinski definition) is 3. The van der Waals surface area contributed by atoms with Gasteiger partial charge in [0.1, 0.15) is 0 Å². The molecule has 0 saturated carbocycles. The number of azide groups is 1. The molecule has 0 spiro atoms. The van der Waals surface area contributed by atoms with Crippen LogP contribution in [0, 0.1) is 15.9 Å². The predicted molar refractivity (Wildman–Crippen MR) is 62.7 cm³/mol. The lowest BCUT2D eigenvalue weighted by Gasteiger charge is -1.93. The van der Waals surface area contributed by atoms with Crippen molar-refractivity contribution >= 4 is 11.4 Å². The average molecular weight is 249 g/mol. The summed E-state index contributed by atoms with van der Waals surface area (Å²) in [5, 5.41) is 13.3. The van der Waals surface area contributed by atoms with Crippen LogP contribution in [0.2, 0.25) is 0 Å². The van der Waals surface area contributed by atoms with Crippen molar-refractivity contribution in [3.05, 3.63) is 69.1 Å². The first-order valence-corrected chi connectivity index (χ1v) is 4.72. The Morgan fingerprint density at radius 1 is 1.39 bits per heavy atom. The molecule has 1 aromatic carbocycles. The minimum Gasteiger partial charge on any atom is -0.368 e. The van der Waals surface area contributed by atoms with Crippen molar-refractivity contribution in [3.8, 4) is 0 Å². The molecule has 0 aliphatic carbocycles. The second-order valence-electron chi connectivity index (χ2n) is 2.97. The fraction of sp³-hybridized carbons (Fsp3) is 0. The largest absolute Gasteiger partial charge is 0.368 e. The topological polar surface area (TPSA) is 108 Å². The van der Waals surface area contributed by atoms with E-state index in [4.69, 9.17) is 5.53 Å². The van der Waals surface area contributed by atoms with Crippen LogP contribution in [-0.4, -0.2) is 9.91 Å². The zero-order valence-corrected chi connectivity index (χ0v) is 9.02. The van der Waals surface area contributed by atoms with Gasteiger partial charge in [-0.1, -0.05) is 5.11 Å². The molecule has 1 aromatic heterocycles. The predicted octanol–water partition coefficient (Wildman–Crippen LogP) is 3.69. The van der Waals surface area contributed by atoms with Crippen LogP contribution >= 0.6 is 0 Å². The van der Waals surface area contributed by atoms with Crippen LogP contribution in [0.4, 0.5) is 15.8 Å². The van der Waals surface area contributed by atoms with E-state index in [-0.39, 0.29) is 5.69 Å². The number of H-pyrrole nitrogens is 1. The van der Waals surface area contributed by atoms with Crippen molar-refractivity contribution in [2.24, 2.45) is 5.11 Å². The van der Waals surface area contributed by atoms with Gasteiger partial charge < -0.3 is 4.98 Å². The van der Waals surface area contributed by atoms with Gasteiger partial charge in [-0.2, -0.15) is 4.39 Å². The molecule has 7 nitrogen and oxygen atoms in total. The summed E-state index contributed by atoms with van der Waals surface area (Å²) in [4.78, 5) is 14.6. The lowest BCUT2D eigenvalue weighted by atomic mass is 10.3. The lowest BCUT2D eigenvalue weighted by molar-refractivity contribution is -0.387. The van der Waals surface area contributed by atoms with Crippen LogP contribution in [-0.2, 0) is 0 Å². The Labute approximate surface area is 101 Å². The normalized spacial score (nSPS) is 8.72. The molecule has 1 N–H and O–H groups in total. The van der Waals surface area contributed by atoms with Crippen molar-refractivity contribution in [2.45, 2.75) is 0 Å². The molecule has 0 unspecified atom stereocenters. The summed E-state index contributed by atoms with van der Waals surface area (Å²) in [5.41, 5.74) is 7.32. The van der Waals surface area contributed by atoms with Crippen LogP contribution in [0.3, 0.4) is 0 Å². The number of nitro benzene ring substituents is 1. The molecule has 1 heterocycles. The van der Waals surface area contributed by atoms with E-state index in [1.54, 1.807) is 0 Å². The second kappa shape index (κ2) is 6.66. The number of aromatic amines is 1. The molecule has 8 heteroatoms. The van der Waals surface area contributed by atoms with Crippen LogP contribution in [0.5, 0.6) is 0 Å². The molecule has 0 aliphatic rings. The maximum atomic E-state index is 12.7. The molecule has 0 fully saturated rings. The average Bonchev–Trinajstić information content (AvgIpc) is 2.90. The summed E-state index contributed by atoms with van der Waals surface area (Å²) >= 11 is 0. The molecule has 0 radical (unpaired) electrons. The van der Waals surface area contributed by atoms with Crippen molar-refractivity contribution in [1.29, 1.82) is 0 Å². The Kier molecular flexibility index (Phi) is 4.89. The van der Waals surface area contributed by atoms with Crippen LogP contribution in [0.1, 0.15) is 0 Å². The number of hydrogen-bond donors (Lipinski definition) is 1. The first kappa shape index (κ1) is 13.2. The summed E-state index contributed by atoms with van der Waals surface area (Å²) < 4.78 is 12.7. The van der Waals surface area contributed by atoms with Crippen molar-refractivity contribution < 1.29 is 9.31 Å². The number of nitro groups is 1. The summed E-state index contributed by atoms with van der Waals surface area (Å²) in [6.07, 6.45) is 3.75. The Morgan fingerprint density at radius 2 is 2.06 bits per heavy atom. The number of benzene rings is 1. The smallest absolute Gasteiger partial charge is 0.305 e. The number of halogens is 1. The molecule has 2 aromatic rings. The standard InChI is InChI=1S/C6H3FN4O2.C4H5N/c7-5-2-1-4(9-10-8)3-6(5)11(12)13;1-2-4-5-3-1/h1-3H;1-5H. The Balaban J connectivity index is 0.000000269. The molecule has 18 heavy (non-hydrogen) atoms. The van der Waals surface area contributed by atoms with Gasteiger partial charge in [-0.25, -0.2) is 0 Å².